The van der Waals surface area contributed by atoms with Gasteiger partial charge in [-0.15, -0.1) is 0 Å². The third-order valence-corrected chi connectivity index (χ3v) is 3.42. The quantitative estimate of drug-likeness (QED) is 0.845. The van der Waals surface area contributed by atoms with Crippen molar-refractivity contribution in [1.29, 1.82) is 0 Å². The summed E-state index contributed by atoms with van der Waals surface area (Å²) in [7, 11) is 2.03. The third-order valence-electron chi connectivity index (χ3n) is 3.42. The van der Waals surface area contributed by atoms with E-state index in [1.807, 2.05) is 31.3 Å². The molecule has 19 heavy (non-hydrogen) atoms. The number of aldehydes is 1. The summed E-state index contributed by atoms with van der Waals surface area (Å²) < 4.78 is 0. The van der Waals surface area contributed by atoms with E-state index in [1.165, 1.54) is 0 Å². The maximum atomic E-state index is 11.4. The van der Waals surface area contributed by atoms with Gasteiger partial charge in [0.05, 0.1) is 5.56 Å². The summed E-state index contributed by atoms with van der Waals surface area (Å²) >= 11 is 0. The standard InChI is InChI=1S/C16H22N2O/c1-16(2,3)9-10-18(4)15-13(11-19)12-7-5-6-8-14(12)17-15/h5-8,11,17H,9-10H2,1-4H3. The second-order valence-corrected chi connectivity index (χ2v) is 6.28. The molecule has 0 saturated carbocycles. The van der Waals surface area contributed by atoms with Gasteiger partial charge in [0.1, 0.15) is 5.82 Å². The number of rotatable bonds is 4. The van der Waals surface area contributed by atoms with Crippen molar-refractivity contribution in [3.63, 3.8) is 0 Å². The van der Waals surface area contributed by atoms with Crippen molar-refractivity contribution in [2.24, 2.45) is 5.41 Å². The number of nitrogens with one attached hydrogen (secondary N) is 1. The van der Waals surface area contributed by atoms with Crippen molar-refractivity contribution in [3.8, 4) is 0 Å². The Morgan fingerprint density at radius 2 is 1.95 bits per heavy atom. The van der Waals surface area contributed by atoms with E-state index in [0.717, 1.165) is 41.5 Å². The molecular formula is C16H22N2O. The highest BCUT2D eigenvalue weighted by atomic mass is 16.1. The number of benzene rings is 1. The van der Waals surface area contributed by atoms with Crippen LogP contribution in [0.5, 0.6) is 0 Å². The number of hydrogen-bond acceptors (Lipinski definition) is 2. The number of aromatic nitrogens is 1. The van der Waals surface area contributed by atoms with Gasteiger partial charge in [-0.3, -0.25) is 4.79 Å². The predicted octanol–water partition coefficient (Wildman–Crippen LogP) is 3.85. The molecule has 0 aliphatic rings. The lowest BCUT2D eigenvalue weighted by atomic mass is 9.92. The normalized spacial score (nSPS) is 11.8. The van der Waals surface area contributed by atoms with E-state index in [4.69, 9.17) is 0 Å². The zero-order chi connectivity index (χ0) is 14.0. The summed E-state index contributed by atoms with van der Waals surface area (Å²) in [4.78, 5) is 16.8. The molecule has 1 N–H and O–H groups in total. The fraction of sp³-hybridized carbons (Fsp3) is 0.438. The van der Waals surface area contributed by atoms with Crippen LogP contribution in [0.1, 0.15) is 37.6 Å². The number of H-pyrrole nitrogens is 1. The first-order valence-corrected chi connectivity index (χ1v) is 6.69. The van der Waals surface area contributed by atoms with Crippen molar-refractivity contribution >= 4 is 23.0 Å². The van der Waals surface area contributed by atoms with Gasteiger partial charge in [-0.2, -0.15) is 0 Å². The van der Waals surface area contributed by atoms with Crippen molar-refractivity contribution in [1.82, 2.24) is 4.98 Å². The van der Waals surface area contributed by atoms with Gasteiger partial charge in [0, 0.05) is 24.5 Å². The van der Waals surface area contributed by atoms with E-state index in [0.29, 0.717) is 5.41 Å². The molecule has 0 unspecified atom stereocenters. The topological polar surface area (TPSA) is 36.1 Å². The van der Waals surface area contributed by atoms with Gasteiger partial charge in [0.15, 0.2) is 6.29 Å². The number of hydrogen-bond donors (Lipinski definition) is 1. The molecule has 0 aliphatic heterocycles. The first-order chi connectivity index (χ1) is 8.92. The first-order valence-electron chi connectivity index (χ1n) is 6.69. The van der Waals surface area contributed by atoms with E-state index in [2.05, 4.69) is 30.7 Å². The van der Waals surface area contributed by atoms with Gasteiger partial charge in [0.2, 0.25) is 0 Å². The molecule has 0 spiro atoms. The number of aromatic amines is 1. The molecule has 0 radical (unpaired) electrons. The molecule has 2 aromatic rings. The van der Waals surface area contributed by atoms with Crippen LogP contribution < -0.4 is 4.90 Å². The van der Waals surface area contributed by atoms with Gasteiger partial charge in [-0.05, 0) is 17.9 Å². The lowest BCUT2D eigenvalue weighted by Crippen LogP contribution is -2.24. The fourth-order valence-corrected chi connectivity index (χ4v) is 2.18. The minimum atomic E-state index is 0.293. The smallest absolute Gasteiger partial charge is 0.154 e. The molecular weight excluding hydrogens is 236 g/mol. The lowest BCUT2D eigenvalue weighted by molar-refractivity contribution is 0.112. The van der Waals surface area contributed by atoms with Gasteiger partial charge in [-0.25, -0.2) is 0 Å². The van der Waals surface area contributed by atoms with Crippen LogP contribution in [0.2, 0.25) is 0 Å². The van der Waals surface area contributed by atoms with Gasteiger partial charge in [-0.1, -0.05) is 39.0 Å². The number of para-hydroxylation sites is 1. The molecule has 2 rings (SSSR count). The monoisotopic (exact) mass is 258 g/mol. The average molecular weight is 258 g/mol. The molecule has 0 saturated heterocycles. The van der Waals surface area contributed by atoms with Crippen LogP contribution in [0.4, 0.5) is 5.82 Å². The van der Waals surface area contributed by atoms with Crippen molar-refractivity contribution in [3.05, 3.63) is 29.8 Å². The highest BCUT2D eigenvalue weighted by Crippen LogP contribution is 2.28. The third kappa shape index (κ3) is 2.98. The van der Waals surface area contributed by atoms with Crippen molar-refractivity contribution in [2.45, 2.75) is 27.2 Å². The summed E-state index contributed by atoms with van der Waals surface area (Å²) in [5, 5.41) is 0.995. The van der Waals surface area contributed by atoms with E-state index in [-0.39, 0.29) is 0 Å². The summed E-state index contributed by atoms with van der Waals surface area (Å²) in [6.07, 6.45) is 2.03. The van der Waals surface area contributed by atoms with Crippen molar-refractivity contribution in [2.75, 3.05) is 18.5 Å². The lowest BCUT2D eigenvalue weighted by Gasteiger charge is -2.24. The van der Waals surface area contributed by atoms with E-state index >= 15 is 0 Å². The molecule has 1 aromatic carbocycles. The molecule has 0 fully saturated rings. The minimum Gasteiger partial charge on any atom is -0.361 e. The van der Waals surface area contributed by atoms with Gasteiger partial charge >= 0.3 is 0 Å². The van der Waals surface area contributed by atoms with Gasteiger partial charge < -0.3 is 9.88 Å². The molecule has 3 heteroatoms. The van der Waals surface area contributed by atoms with Crippen LogP contribution in [-0.4, -0.2) is 24.9 Å². The highest BCUT2D eigenvalue weighted by molar-refractivity contribution is 6.03. The second kappa shape index (κ2) is 5.08. The average Bonchev–Trinajstić information content (AvgIpc) is 2.73. The number of carbonyl (C=O) groups excluding carboxylic acids is 1. The summed E-state index contributed by atoms with van der Waals surface area (Å²) in [6.45, 7) is 7.61. The molecule has 3 nitrogen and oxygen atoms in total. The Kier molecular flexibility index (Phi) is 3.65. The molecule has 0 aliphatic carbocycles. The summed E-state index contributed by atoms with van der Waals surface area (Å²) in [5.41, 5.74) is 2.07. The fourth-order valence-electron chi connectivity index (χ4n) is 2.18. The second-order valence-electron chi connectivity index (χ2n) is 6.28. The largest absolute Gasteiger partial charge is 0.361 e. The SMILES string of the molecule is CN(CCC(C)(C)C)c1[nH]c2ccccc2c1C=O. The zero-order valence-corrected chi connectivity index (χ0v) is 12.2. The van der Waals surface area contributed by atoms with E-state index in [9.17, 15) is 4.79 Å². The Hall–Kier alpha value is -1.77. The first kappa shape index (κ1) is 13.7. The maximum absolute atomic E-state index is 11.4. The Morgan fingerprint density at radius 1 is 1.26 bits per heavy atom. The van der Waals surface area contributed by atoms with E-state index < -0.39 is 0 Å². The number of anilines is 1. The highest BCUT2D eigenvalue weighted by Gasteiger charge is 2.16. The Bertz CT molecular complexity index is 578. The maximum Gasteiger partial charge on any atom is 0.154 e. The number of nitrogens with zero attached hydrogens (tertiary/aromatic N) is 1. The van der Waals surface area contributed by atoms with Crippen molar-refractivity contribution < 1.29 is 4.79 Å². The minimum absolute atomic E-state index is 0.293. The molecule has 1 aromatic heterocycles. The van der Waals surface area contributed by atoms with Crippen LogP contribution in [0.15, 0.2) is 24.3 Å². The number of carbonyl (C=O) groups is 1. The number of fused-ring (bicyclic) bond motifs is 1. The van der Waals surface area contributed by atoms with Gasteiger partial charge in [0.25, 0.3) is 0 Å². The zero-order valence-electron chi connectivity index (χ0n) is 12.2. The molecule has 0 amide bonds. The van der Waals surface area contributed by atoms with Crippen LogP contribution in [0.3, 0.4) is 0 Å². The molecule has 102 valence electrons. The molecule has 1 heterocycles. The Balaban J connectivity index is 2.31. The van der Waals surface area contributed by atoms with Crippen LogP contribution in [0.25, 0.3) is 10.9 Å². The summed E-state index contributed by atoms with van der Waals surface area (Å²) in [5.74, 6) is 0.917. The van der Waals surface area contributed by atoms with Crippen LogP contribution in [-0.2, 0) is 0 Å². The Morgan fingerprint density at radius 3 is 2.58 bits per heavy atom. The predicted molar refractivity (Wildman–Crippen MR) is 81.0 cm³/mol. The van der Waals surface area contributed by atoms with Crippen LogP contribution in [0, 0.1) is 5.41 Å². The molecule has 0 bridgehead atoms. The Labute approximate surface area is 114 Å². The summed E-state index contributed by atoms with van der Waals surface area (Å²) in [6, 6.07) is 7.93. The van der Waals surface area contributed by atoms with Crippen LogP contribution >= 0.6 is 0 Å². The van der Waals surface area contributed by atoms with E-state index in [1.54, 1.807) is 0 Å². The molecule has 0 atom stereocenters.